The zero-order valence-electron chi connectivity index (χ0n) is 15.7. The lowest BCUT2D eigenvalue weighted by atomic mass is 9.83. The average molecular weight is 480 g/mol. The molecule has 0 fully saturated rings. The van der Waals surface area contributed by atoms with E-state index in [4.69, 9.17) is 11.6 Å². The third-order valence-electron chi connectivity index (χ3n) is 4.64. The average Bonchev–Trinajstić information content (AvgIpc) is 2.99. The van der Waals surface area contributed by atoms with Gasteiger partial charge in [-0.3, -0.25) is 13.8 Å². The lowest BCUT2D eigenvalue weighted by Gasteiger charge is -2.37. The summed E-state index contributed by atoms with van der Waals surface area (Å²) in [7, 11) is -1.91. The number of alkyl halides is 3. The summed E-state index contributed by atoms with van der Waals surface area (Å²) in [4.78, 5) is 35.5. The molecule has 1 aliphatic rings. The van der Waals surface area contributed by atoms with Crippen LogP contribution in [0.25, 0.3) is 5.69 Å². The molecule has 1 aromatic heterocycles. The maximum absolute atomic E-state index is 13.4. The van der Waals surface area contributed by atoms with Crippen molar-refractivity contribution in [2.75, 3.05) is 11.6 Å². The van der Waals surface area contributed by atoms with Gasteiger partial charge in [0.25, 0.3) is 0 Å². The van der Waals surface area contributed by atoms with Crippen molar-refractivity contribution in [2.24, 2.45) is 0 Å². The number of fused-ring (bicyclic) bond motifs is 3. The highest BCUT2D eigenvalue weighted by Gasteiger charge is 2.51. The molecule has 1 aliphatic heterocycles. The predicted molar refractivity (Wildman–Crippen MR) is 101 cm³/mol. The van der Waals surface area contributed by atoms with Crippen LogP contribution < -0.4 is 5.32 Å². The second-order valence-electron chi connectivity index (χ2n) is 6.71. The third kappa shape index (κ3) is 3.57. The van der Waals surface area contributed by atoms with Gasteiger partial charge in [-0.25, -0.2) is 9.48 Å². The molecule has 0 bridgehead atoms. The summed E-state index contributed by atoms with van der Waals surface area (Å²) < 4.78 is 53.3. The summed E-state index contributed by atoms with van der Waals surface area (Å²) in [5.74, 6) is -4.44. The van der Waals surface area contributed by atoms with E-state index in [0.29, 0.717) is 12.1 Å². The third-order valence-corrected chi connectivity index (χ3v) is 5.89. The van der Waals surface area contributed by atoms with Gasteiger partial charge < -0.3 is 15.5 Å². The lowest BCUT2D eigenvalue weighted by Crippen LogP contribution is -2.49. The lowest BCUT2D eigenvalue weighted by molar-refractivity contribution is -0.149. The molecule has 2 atom stereocenters. The summed E-state index contributed by atoms with van der Waals surface area (Å²) in [6.07, 6.45) is -4.93. The fraction of sp³-hybridized carbons (Fsp3) is 0.294. The van der Waals surface area contributed by atoms with Crippen LogP contribution in [0.3, 0.4) is 0 Å². The van der Waals surface area contributed by atoms with Gasteiger partial charge >= 0.3 is 18.1 Å². The van der Waals surface area contributed by atoms with Gasteiger partial charge in [0, 0.05) is 18.7 Å². The van der Waals surface area contributed by atoms with E-state index in [9.17, 15) is 42.0 Å². The number of hydrogen-bond donors (Lipinski definition) is 3. The van der Waals surface area contributed by atoms with E-state index in [1.165, 1.54) is 6.26 Å². The van der Waals surface area contributed by atoms with Gasteiger partial charge in [0.2, 0.25) is 0 Å². The predicted octanol–water partition coefficient (Wildman–Crippen LogP) is 2.66. The number of nitrogens with zero attached hydrogens (tertiary/aromatic N) is 2. The molecule has 14 heteroatoms. The van der Waals surface area contributed by atoms with E-state index < -0.39 is 62.8 Å². The first-order valence-corrected chi connectivity index (χ1v) is 10.3. The molecule has 0 amide bonds. The van der Waals surface area contributed by atoms with Crippen LogP contribution in [0.1, 0.15) is 35.0 Å². The van der Waals surface area contributed by atoms with Gasteiger partial charge in [0.15, 0.2) is 11.3 Å². The molecule has 3 N–H and O–H groups in total. The van der Waals surface area contributed by atoms with E-state index in [-0.39, 0.29) is 22.1 Å². The highest BCUT2D eigenvalue weighted by atomic mass is 35.5. The number of anilines is 1. The Balaban J connectivity index is 2.52. The summed E-state index contributed by atoms with van der Waals surface area (Å²) in [6.45, 7) is 1.10. The molecule has 2 aromatic rings. The molecule has 1 aromatic carbocycles. The smallest absolute Gasteiger partial charge is 0.416 e. The highest BCUT2D eigenvalue weighted by molar-refractivity contribution is 7.84. The molecule has 2 heterocycles. The minimum atomic E-state index is -4.92. The SMILES string of the molecule is CC(=O)c1nn2c(c1S(C)=O)NC(CC(=O)O)(C(=O)O)c1cc(C(F)(F)F)cc(Cl)c1-2. The van der Waals surface area contributed by atoms with Crippen LogP contribution in [-0.2, 0) is 32.1 Å². The number of carboxylic acid groups (broad SMARTS) is 2. The molecule has 9 nitrogen and oxygen atoms in total. The zero-order valence-corrected chi connectivity index (χ0v) is 17.3. The highest BCUT2D eigenvalue weighted by Crippen LogP contribution is 2.47. The van der Waals surface area contributed by atoms with Crippen LogP contribution in [-0.4, -0.2) is 48.2 Å². The number of Topliss-reactive ketones (excluding diaryl/α,β-unsaturated/α-hetero) is 1. The van der Waals surface area contributed by atoms with Crippen molar-refractivity contribution >= 4 is 45.9 Å². The van der Waals surface area contributed by atoms with Crippen LogP contribution in [0.5, 0.6) is 0 Å². The van der Waals surface area contributed by atoms with E-state index in [1.54, 1.807) is 0 Å². The van der Waals surface area contributed by atoms with E-state index in [0.717, 1.165) is 11.6 Å². The monoisotopic (exact) mass is 479 g/mol. The molecule has 0 radical (unpaired) electrons. The normalized spacial score (nSPS) is 18.5. The first-order valence-electron chi connectivity index (χ1n) is 8.33. The number of aliphatic carboxylic acids is 2. The number of nitrogens with one attached hydrogen (secondary N) is 1. The second kappa shape index (κ2) is 7.34. The maximum atomic E-state index is 13.4. The fourth-order valence-electron chi connectivity index (χ4n) is 3.36. The minimum Gasteiger partial charge on any atom is -0.481 e. The zero-order chi connectivity index (χ0) is 23.5. The Labute approximate surface area is 179 Å². The Kier molecular flexibility index (Phi) is 5.39. The molecule has 0 spiro atoms. The summed E-state index contributed by atoms with van der Waals surface area (Å²) in [6, 6.07) is 0.993. The van der Waals surface area contributed by atoms with Crippen molar-refractivity contribution in [3.63, 3.8) is 0 Å². The molecular formula is C17H13ClF3N3O6S. The Morgan fingerprint density at radius 2 is 1.90 bits per heavy atom. The van der Waals surface area contributed by atoms with E-state index in [2.05, 4.69) is 10.4 Å². The summed E-state index contributed by atoms with van der Waals surface area (Å²) in [5.41, 5.74) is -5.26. The summed E-state index contributed by atoms with van der Waals surface area (Å²) in [5, 5.41) is 25.0. The first kappa shape index (κ1) is 22.7. The van der Waals surface area contributed by atoms with Gasteiger partial charge in [0.1, 0.15) is 16.4 Å². The molecule has 31 heavy (non-hydrogen) atoms. The fourth-order valence-corrected chi connectivity index (χ4v) is 4.53. The molecule has 166 valence electrons. The van der Waals surface area contributed by atoms with Crippen molar-refractivity contribution in [2.45, 2.75) is 30.0 Å². The van der Waals surface area contributed by atoms with Gasteiger partial charge in [-0.05, 0) is 12.1 Å². The van der Waals surface area contributed by atoms with Crippen molar-refractivity contribution in [1.29, 1.82) is 0 Å². The Bertz CT molecular complexity index is 1180. The van der Waals surface area contributed by atoms with Gasteiger partial charge in [-0.2, -0.15) is 18.3 Å². The van der Waals surface area contributed by atoms with Crippen LogP contribution in [0.15, 0.2) is 17.0 Å². The van der Waals surface area contributed by atoms with Gasteiger partial charge in [-0.1, -0.05) is 11.6 Å². The van der Waals surface area contributed by atoms with Gasteiger partial charge in [-0.15, -0.1) is 0 Å². The van der Waals surface area contributed by atoms with E-state index in [1.807, 2.05) is 0 Å². The second-order valence-corrected chi connectivity index (χ2v) is 8.43. The number of carbonyl (C=O) groups excluding carboxylic acids is 1. The molecule has 2 unspecified atom stereocenters. The van der Waals surface area contributed by atoms with Crippen molar-refractivity contribution in [3.05, 3.63) is 34.0 Å². The van der Waals surface area contributed by atoms with Gasteiger partial charge in [0.05, 0.1) is 33.5 Å². The maximum Gasteiger partial charge on any atom is 0.416 e. The molecule has 0 aliphatic carbocycles. The molecule has 0 saturated heterocycles. The molecule has 3 rings (SSSR count). The largest absolute Gasteiger partial charge is 0.481 e. The Morgan fingerprint density at radius 1 is 1.29 bits per heavy atom. The Hall–Kier alpha value is -2.93. The van der Waals surface area contributed by atoms with Crippen molar-refractivity contribution < 1.29 is 42.0 Å². The van der Waals surface area contributed by atoms with Crippen LogP contribution in [0, 0.1) is 0 Å². The van der Waals surface area contributed by atoms with Crippen LogP contribution >= 0.6 is 11.6 Å². The first-order chi connectivity index (χ1) is 14.2. The number of ketones is 1. The number of carboxylic acids is 2. The number of aromatic nitrogens is 2. The van der Waals surface area contributed by atoms with Crippen molar-refractivity contribution in [3.8, 4) is 5.69 Å². The van der Waals surface area contributed by atoms with E-state index >= 15 is 0 Å². The number of hydrogen-bond acceptors (Lipinski definition) is 6. The standard InChI is InChI=1S/C17H13ClF3N3O6S/c1-6(25)11-13(31(2)30)14-22-16(15(28)29,5-10(26)27)8-3-7(17(19,20)21)4-9(18)12(8)24(14)23-11/h3-4,22H,5H2,1-2H3,(H,26,27)(H,28,29). The quantitative estimate of drug-likeness (QED) is 0.556. The minimum absolute atomic E-state index is 0.231. The summed E-state index contributed by atoms with van der Waals surface area (Å²) >= 11 is 6.08. The molecular weight excluding hydrogens is 467 g/mol. The number of halogens is 4. The number of carbonyl (C=O) groups is 3. The van der Waals surface area contributed by atoms with Crippen LogP contribution in [0.2, 0.25) is 5.02 Å². The van der Waals surface area contributed by atoms with Crippen LogP contribution in [0.4, 0.5) is 19.0 Å². The number of rotatable bonds is 5. The number of benzene rings is 1. The Morgan fingerprint density at radius 3 is 2.35 bits per heavy atom. The topological polar surface area (TPSA) is 139 Å². The molecule has 0 saturated carbocycles. The van der Waals surface area contributed by atoms with Crippen molar-refractivity contribution in [1.82, 2.24) is 9.78 Å².